The summed E-state index contributed by atoms with van der Waals surface area (Å²) in [6.45, 7) is -7.33. The lowest BCUT2D eigenvalue weighted by Crippen LogP contribution is -2.68. The van der Waals surface area contributed by atoms with Gasteiger partial charge in [-0.25, -0.2) is 0 Å². The summed E-state index contributed by atoms with van der Waals surface area (Å²) in [7, 11) is 0. The molecule has 21 saturated heterocycles. The van der Waals surface area contributed by atoms with Gasteiger partial charge in [-0.3, -0.25) is 0 Å². The third-order valence-corrected chi connectivity index (χ3v) is 14.8. The van der Waals surface area contributed by atoms with E-state index in [1.54, 1.807) is 0 Å². The number of hydrogen-bond donors (Lipinski definition) is 22. The van der Waals surface area contributed by atoms with E-state index in [0.29, 0.717) is 0 Å². The van der Waals surface area contributed by atoms with Crippen molar-refractivity contribution in [2.75, 3.05) is 46.2 Å². The second-order valence-electron chi connectivity index (χ2n) is 19.9. The molecule has 0 saturated carbocycles. The fourth-order valence-corrected chi connectivity index (χ4v) is 10.4. The van der Waals surface area contributed by atoms with Crippen molar-refractivity contribution in [1.82, 2.24) is 0 Å². The van der Waals surface area contributed by atoms with Crippen LogP contribution in [0.25, 0.3) is 0 Å². The van der Waals surface area contributed by atoms with Gasteiger partial charge in [0.1, 0.15) is 171 Å². The molecule has 21 rings (SSSR count). The quantitative estimate of drug-likeness (QED) is 0.0831. The van der Waals surface area contributed by atoms with Crippen molar-refractivity contribution in [3.63, 3.8) is 0 Å². The van der Waals surface area contributed by atoms with Gasteiger partial charge in [-0.15, -0.1) is 10.1 Å². The summed E-state index contributed by atoms with van der Waals surface area (Å²) in [5, 5.41) is 244. The van der Waals surface area contributed by atoms with Crippen molar-refractivity contribution in [3.05, 3.63) is 10.1 Å². The van der Waals surface area contributed by atoms with Crippen molar-refractivity contribution in [3.8, 4) is 0 Å². The first-order chi connectivity index (χ1) is 38.4. The van der Waals surface area contributed by atoms with Gasteiger partial charge in [-0.2, -0.15) is 0 Å². The molecule has 472 valence electrons. The van der Waals surface area contributed by atoms with Gasteiger partial charge in [0.15, 0.2) is 44.0 Å². The van der Waals surface area contributed by atoms with E-state index >= 15 is 0 Å². The molecule has 21 fully saturated rings. The Bertz CT molecular complexity index is 1570. The zero-order valence-electron chi connectivity index (χ0n) is 42.0. The van der Waals surface area contributed by atoms with Crippen LogP contribution in [0.15, 0.2) is 0 Å². The molecule has 0 spiro atoms. The molecule has 0 aromatic carbocycles. The van der Waals surface area contributed by atoms with Crippen LogP contribution >= 0.6 is 0 Å². The monoisotopic (exact) mass is 1200 g/mol. The molecule has 0 aliphatic carbocycles. The molecule has 0 radical (unpaired) electrons. The van der Waals surface area contributed by atoms with Gasteiger partial charge in [0.2, 0.25) is 0 Å². The molecule has 0 aromatic rings. The zero-order chi connectivity index (χ0) is 59.6. The van der Waals surface area contributed by atoms with Crippen LogP contribution in [0, 0.1) is 10.1 Å². The highest BCUT2D eigenvalue weighted by molar-refractivity contribution is 5.01. The summed E-state index contributed by atoms with van der Waals surface area (Å²) in [6.07, 6.45) is -70.2. The van der Waals surface area contributed by atoms with E-state index < -0.39 is 266 Å². The fraction of sp³-hybridized carbons (Fsp3) is 1.00. The van der Waals surface area contributed by atoms with E-state index in [2.05, 4.69) is 0 Å². The summed E-state index contributed by atoms with van der Waals surface area (Å²) in [6, 6.07) is 0. The zero-order valence-corrected chi connectivity index (χ0v) is 42.0. The highest BCUT2D eigenvalue weighted by atomic mass is 16.9. The summed E-state index contributed by atoms with van der Waals surface area (Å²) >= 11 is 0. The van der Waals surface area contributed by atoms with Gasteiger partial charge in [0.25, 0.3) is 5.09 Å². The van der Waals surface area contributed by atoms with Crippen LogP contribution in [0.5, 0.6) is 0 Å². The van der Waals surface area contributed by atoms with Gasteiger partial charge in [-0.05, 0) is 0 Å². The van der Waals surface area contributed by atoms with Crippen molar-refractivity contribution in [1.29, 1.82) is 0 Å². The van der Waals surface area contributed by atoms with Crippen LogP contribution in [0.2, 0.25) is 0 Å². The first kappa shape index (κ1) is 66.3. The van der Waals surface area contributed by atoms with Crippen molar-refractivity contribution >= 4 is 0 Å². The third kappa shape index (κ3) is 13.8. The Morgan fingerprint density at radius 3 is 0.420 bits per heavy atom. The highest BCUT2D eigenvalue weighted by Gasteiger charge is 2.59. The van der Waals surface area contributed by atoms with E-state index in [0.717, 1.165) is 0 Å². The smallest absolute Gasteiger partial charge is 0.291 e. The molecular formula is C42H71NO38. The first-order valence-corrected chi connectivity index (χ1v) is 25.2. The minimum atomic E-state index is -2.21. The molecule has 22 N–H and O–H groups in total. The Labute approximate surface area is 454 Å². The Balaban J connectivity index is 0.00000229. The molecule has 14 bridgehead atoms. The molecule has 39 nitrogen and oxygen atoms in total. The lowest BCUT2D eigenvalue weighted by molar-refractivity contribution is -0.742. The molecule has 35 atom stereocenters. The number of ether oxygens (including phenoxy) is 14. The molecule has 0 amide bonds. The lowest BCUT2D eigenvalue weighted by Gasteiger charge is -2.50. The summed E-state index contributed by atoms with van der Waals surface area (Å²) in [4.78, 5) is 8.36. The number of aliphatic hydroxyl groups excluding tert-OH is 21. The second kappa shape index (κ2) is 28.5. The maximum atomic E-state index is 11.3. The summed E-state index contributed by atoms with van der Waals surface area (Å²) < 4.78 is 79.5. The van der Waals surface area contributed by atoms with E-state index in [1.807, 2.05) is 0 Å². The van der Waals surface area contributed by atoms with Gasteiger partial charge >= 0.3 is 0 Å². The molecule has 21 aliphatic rings. The number of rotatable bonds is 7. The van der Waals surface area contributed by atoms with Crippen molar-refractivity contribution < 1.29 is 184 Å². The highest BCUT2D eigenvalue weighted by Crippen LogP contribution is 2.39. The normalized spacial score (nSPS) is 52.9. The van der Waals surface area contributed by atoms with E-state index in [9.17, 15) is 107 Å². The number of hydrogen-bond acceptors (Lipinski definition) is 37. The summed E-state index contributed by atoms with van der Waals surface area (Å²) in [5.74, 6) is 0. The molecule has 81 heavy (non-hydrogen) atoms. The van der Waals surface area contributed by atoms with Crippen LogP contribution in [0.3, 0.4) is 0 Å². The molecule has 0 unspecified atom stereocenters. The average Bonchev–Trinajstić information content (AvgIpc) is 3.49. The van der Waals surface area contributed by atoms with Crippen LogP contribution < -0.4 is 0 Å². The van der Waals surface area contributed by atoms with Crippen molar-refractivity contribution in [2.45, 2.75) is 215 Å². The largest absolute Gasteiger partial charge is 0.394 e. The molecule has 0 aromatic heterocycles. The van der Waals surface area contributed by atoms with Crippen LogP contribution in [0.1, 0.15) is 0 Å². The van der Waals surface area contributed by atoms with E-state index in [1.165, 1.54) is 0 Å². The van der Waals surface area contributed by atoms with E-state index in [-0.39, 0.29) is 0 Å². The maximum Gasteiger partial charge on any atom is 0.291 e. The minimum Gasteiger partial charge on any atom is -0.394 e. The van der Waals surface area contributed by atoms with Gasteiger partial charge in [-0.1, -0.05) is 0 Å². The standard InChI is InChI=1S/C42H70O35.HNO3/c43-1-8-29-15(50)22(57)36(64-8)72-30-9(2-44)66-38(24(59)17(30)52)74-32-11(4-46)68-40(26(61)19(32)54)76-34-13(6-48)70-42(28(63)21(34)56)77-35-14(7-49)69-41(27(62)20(35)55)75-33-12(5-47)67-39(25(60)18(33)53)73-31-10(3-45)65-37(71-29)23(58)16(31)51;2-1(3)4/h8-63H,1-7H2;(H,2,3,4)/t8-,9-,10-,11-,12-,13-,14-,15-,16-,17-,18-,19-,20-,21-,22-,23-,24-,25-,26-,27-,28-,29-,30-,31-,32-,33-,34-,35-,36-,37-,38-,39-,40-,41-,42-;/m1./s1. The Morgan fingerprint density at radius 1 is 0.235 bits per heavy atom. The third-order valence-electron chi connectivity index (χ3n) is 14.8. The molecule has 39 heteroatoms. The minimum absolute atomic E-state index is 1.05. The Morgan fingerprint density at radius 2 is 0.333 bits per heavy atom. The molecule has 21 aliphatic heterocycles. The molecule has 21 heterocycles. The van der Waals surface area contributed by atoms with Gasteiger partial charge in [0, 0.05) is 0 Å². The topological polar surface area (TPSA) is 617 Å². The van der Waals surface area contributed by atoms with E-state index in [4.69, 9.17) is 81.6 Å². The maximum absolute atomic E-state index is 11.3. The van der Waals surface area contributed by atoms with Gasteiger partial charge < -0.3 is 179 Å². The second-order valence-corrected chi connectivity index (χ2v) is 19.9. The van der Waals surface area contributed by atoms with Crippen LogP contribution in [-0.4, -0.2) is 379 Å². The van der Waals surface area contributed by atoms with Crippen LogP contribution in [-0.2, 0) is 66.3 Å². The Hall–Kier alpha value is -2.20. The Kier molecular flexibility index (Phi) is 23.4. The SMILES string of the molecule is O=[N+]([O-])O.OC[C@H]1O[C@@H]2O[C@H]3[C@H](O)[C@@H](O)[C@@H](O[C@H]4[C@H](O)[C@@H](O)[C@@H](O[C@H]5[C@H](O)[C@@H](O)[C@@H](O[C@H]6[C@H](O)[C@@H](O)[C@@H](O[C@H]7[C@H](O)[C@@H](O)[C@@H](O[C@H]8[C@H](O)[C@@H](O)[C@@H](O[C@H]1[C@H](O)[C@H]2O)O[C@@H]8CO)O[C@@H]7CO)O[C@@H]6CO)O[C@@H]5CO)O[C@@H]4CO)O[C@@H]3CO. The number of aliphatic hydroxyl groups is 21. The molecular weight excluding hydrogens is 1130 g/mol. The number of nitrogens with zero attached hydrogens (tertiary/aromatic N) is 1. The predicted octanol–water partition coefficient (Wildman–Crippen LogP) is -15.6. The van der Waals surface area contributed by atoms with Crippen molar-refractivity contribution in [2.24, 2.45) is 0 Å². The predicted molar refractivity (Wildman–Crippen MR) is 237 cm³/mol. The lowest BCUT2D eigenvalue weighted by atomic mass is 9.95. The fourth-order valence-electron chi connectivity index (χ4n) is 10.4. The van der Waals surface area contributed by atoms with Gasteiger partial charge in [0.05, 0.1) is 46.2 Å². The average molecular weight is 1200 g/mol. The first-order valence-electron chi connectivity index (χ1n) is 25.2. The van der Waals surface area contributed by atoms with Crippen LogP contribution in [0.4, 0.5) is 0 Å². The summed E-state index contributed by atoms with van der Waals surface area (Å²) in [5.41, 5.74) is 0.